The van der Waals surface area contributed by atoms with E-state index in [1.54, 1.807) is 12.1 Å². The van der Waals surface area contributed by atoms with Crippen molar-refractivity contribution in [1.29, 1.82) is 0 Å². The molecule has 0 spiro atoms. The molecule has 174 valence electrons. The Morgan fingerprint density at radius 3 is 2.22 bits per heavy atom. The molecule has 2 aromatic carbocycles. The Hall–Kier alpha value is -1.77. The van der Waals surface area contributed by atoms with Crippen LogP contribution in [0.15, 0.2) is 36.4 Å². The average Bonchev–Trinajstić information content (AvgIpc) is 2.78. The van der Waals surface area contributed by atoms with Crippen molar-refractivity contribution in [2.45, 2.75) is 89.9 Å². The summed E-state index contributed by atoms with van der Waals surface area (Å²) in [5, 5.41) is 0. The molecular weight excluding hydrogens is 405 g/mol. The first-order valence-electron chi connectivity index (χ1n) is 12.8. The van der Waals surface area contributed by atoms with Crippen LogP contribution in [0.25, 0.3) is 11.1 Å². The van der Waals surface area contributed by atoms with E-state index < -0.39 is 11.6 Å². The zero-order valence-corrected chi connectivity index (χ0v) is 19.4. The van der Waals surface area contributed by atoms with Crippen LogP contribution in [0.3, 0.4) is 0 Å². The Morgan fingerprint density at radius 1 is 0.750 bits per heavy atom. The van der Waals surface area contributed by atoms with Gasteiger partial charge in [-0.1, -0.05) is 64.0 Å². The second kappa shape index (κ2) is 10.9. The minimum absolute atomic E-state index is 0.253. The maximum atomic E-state index is 14.9. The highest BCUT2D eigenvalue weighted by Gasteiger charge is 2.35. The first-order chi connectivity index (χ1) is 15.5. The van der Waals surface area contributed by atoms with Gasteiger partial charge < -0.3 is 0 Å². The third kappa shape index (κ3) is 5.77. The van der Waals surface area contributed by atoms with Crippen molar-refractivity contribution in [2.24, 2.45) is 17.8 Å². The van der Waals surface area contributed by atoms with Crippen LogP contribution in [-0.2, 0) is 0 Å². The molecule has 0 amide bonds. The van der Waals surface area contributed by atoms with Crippen LogP contribution in [0.5, 0.6) is 0 Å². The van der Waals surface area contributed by atoms with E-state index in [-0.39, 0.29) is 16.9 Å². The first kappa shape index (κ1) is 23.4. The van der Waals surface area contributed by atoms with E-state index in [1.807, 2.05) is 6.07 Å². The van der Waals surface area contributed by atoms with Gasteiger partial charge in [-0.3, -0.25) is 0 Å². The molecule has 3 heteroatoms. The Balaban J connectivity index is 1.34. The largest absolute Gasteiger partial charge is 0.207 e. The minimum atomic E-state index is -0.682. The Bertz CT molecular complexity index is 870. The zero-order valence-electron chi connectivity index (χ0n) is 19.4. The third-order valence-corrected chi connectivity index (χ3v) is 8.08. The summed E-state index contributed by atoms with van der Waals surface area (Å²) in [6, 6.07) is 8.46. The highest BCUT2D eigenvalue weighted by Crippen LogP contribution is 2.48. The summed E-state index contributed by atoms with van der Waals surface area (Å²) in [7, 11) is 0. The number of rotatable bonds is 8. The molecule has 0 nitrogen and oxygen atoms in total. The fraction of sp³-hybridized carbons (Fsp3) is 0.586. The van der Waals surface area contributed by atoms with Crippen molar-refractivity contribution in [3.63, 3.8) is 0 Å². The molecule has 0 radical (unpaired) electrons. The molecule has 2 fully saturated rings. The van der Waals surface area contributed by atoms with Gasteiger partial charge in [-0.15, -0.1) is 0 Å². The SMILES string of the molecule is CCCCCCCC1CC[C@@H]2C[C@H](c3ccc(-c4cc(F)cc(F)c4)c(F)c3)CC[C@@H]2C1. The van der Waals surface area contributed by atoms with Gasteiger partial charge in [0.2, 0.25) is 0 Å². The Kier molecular flexibility index (Phi) is 7.97. The van der Waals surface area contributed by atoms with Crippen LogP contribution in [0.2, 0.25) is 0 Å². The van der Waals surface area contributed by atoms with E-state index in [9.17, 15) is 13.2 Å². The van der Waals surface area contributed by atoms with Crippen LogP contribution in [0.1, 0.15) is 95.5 Å². The van der Waals surface area contributed by atoms with Crippen molar-refractivity contribution < 1.29 is 13.2 Å². The van der Waals surface area contributed by atoms with Gasteiger partial charge in [-0.05, 0) is 85.1 Å². The summed E-state index contributed by atoms with van der Waals surface area (Å²) in [4.78, 5) is 0. The molecule has 2 saturated carbocycles. The molecule has 2 aliphatic rings. The van der Waals surface area contributed by atoms with Crippen LogP contribution in [0.4, 0.5) is 13.2 Å². The second-order valence-corrected chi connectivity index (χ2v) is 10.3. The van der Waals surface area contributed by atoms with Gasteiger partial charge in [0.25, 0.3) is 0 Å². The minimum Gasteiger partial charge on any atom is -0.207 e. The van der Waals surface area contributed by atoms with E-state index >= 15 is 0 Å². The van der Waals surface area contributed by atoms with Crippen LogP contribution < -0.4 is 0 Å². The van der Waals surface area contributed by atoms with Gasteiger partial charge >= 0.3 is 0 Å². The van der Waals surface area contributed by atoms with Crippen LogP contribution in [-0.4, -0.2) is 0 Å². The predicted octanol–water partition coefficient (Wildman–Crippen LogP) is 9.43. The van der Waals surface area contributed by atoms with Crippen molar-refractivity contribution in [3.05, 3.63) is 59.4 Å². The lowest BCUT2D eigenvalue weighted by Crippen LogP contribution is -2.30. The highest BCUT2D eigenvalue weighted by molar-refractivity contribution is 5.64. The van der Waals surface area contributed by atoms with E-state index in [1.165, 1.54) is 76.3 Å². The maximum absolute atomic E-state index is 14.9. The van der Waals surface area contributed by atoms with E-state index in [0.717, 1.165) is 42.2 Å². The average molecular weight is 443 g/mol. The number of hydrogen-bond acceptors (Lipinski definition) is 0. The monoisotopic (exact) mass is 442 g/mol. The fourth-order valence-corrected chi connectivity index (χ4v) is 6.32. The molecule has 0 aliphatic heterocycles. The summed E-state index contributed by atoms with van der Waals surface area (Å²) in [6.45, 7) is 2.27. The summed E-state index contributed by atoms with van der Waals surface area (Å²) in [5.41, 5.74) is 1.56. The lowest BCUT2D eigenvalue weighted by Gasteiger charge is -2.42. The molecule has 4 atom stereocenters. The smallest absolute Gasteiger partial charge is 0.131 e. The lowest BCUT2D eigenvalue weighted by molar-refractivity contribution is 0.113. The fourth-order valence-electron chi connectivity index (χ4n) is 6.32. The molecule has 32 heavy (non-hydrogen) atoms. The summed E-state index contributed by atoms with van der Waals surface area (Å²) in [5.74, 6) is 1.18. The van der Waals surface area contributed by atoms with Crippen molar-refractivity contribution in [1.82, 2.24) is 0 Å². The van der Waals surface area contributed by atoms with Crippen LogP contribution >= 0.6 is 0 Å². The molecule has 2 aliphatic carbocycles. The standard InChI is InChI=1S/C29H37F3/c1-2-3-4-5-6-7-20-8-9-22-15-23(11-10-21(22)14-20)24-12-13-28(29(32)18-24)25-16-26(30)19-27(31)17-25/h12-13,16-23H,2-11,14-15H2,1H3/t20?,21-,22-,23-/m1/s1. The van der Waals surface area contributed by atoms with Gasteiger partial charge in [-0.2, -0.15) is 0 Å². The predicted molar refractivity (Wildman–Crippen MR) is 126 cm³/mol. The van der Waals surface area contributed by atoms with Crippen molar-refractivity contribution in [3.8, 4) is 11.1 Å². The molecule has 0 saturated heterocycles. The number of unbranched alkanes of at least 4 members (excludes halogenated alkanes) is 4. The zero-order chi connectivity index (χ0) is 22.5. The quantitative estimate of drug-likeness (QED) is 0.357. The van der Waals surface area contributed by atoms with E-state index in [4.69, 9.17) is 0 Å². The molecular formula is C29H37F3. The molecule has 1 unspecified atom stereocenters. The number of hydrogen-bond donors (Lipinski definition) is 0. The normalized spacial score (nSPS) is 25.5. The molecule has 2 aromatic rings. The van der Waals surface area contributed by atoms with Crippen LogP contribution in [0, 0.1) is 35.2 Å². The van der Waals surface area contributed by atoms with Gasteiger partial charge in [0.05, 0.1) is 0 Å². The topological polar surface area (TPSA) is 0 Å². The number of fused-ring (bicyclic) bond motifs is 1. The van der Waals surface area contributed by atoms with E-state index in [0.29, 0.717) is 5.92 Å². The lowest BCUT2D eigenvalue weighted by atomic mass is 9.63. The first-order valence-corrected chi connectivity index (χ1v) is 12.8. The third-order valence-electron chi connectivity index (χ3n) is 8.08. The molecule has 0 heterocycles. The number of benzene rings is 2. The van der Waals surface area contributed by atoms with Gasteiger partial charge in [0.15, 0.2) is 0 Å². The Labute approximate surface area is 191 Å². The second-order valence-electron chi connectivity index (χ2n) is 10.3. The molecule has 0 bridgehead atoms. The summed E-state index contributed by atoms with van der Waals surface area (Å²) >= 11 is 0. The summed E-state index contributed by atoms with van der Waals surface area (Å²) in [6.07, 6.45) is 15.9. The van der Waals surface area contributed by atoms with Gasteiger partial charge in [-0.25, -0.2) is 13.2 Å². The Morgan fingerprint density at radius 2 is 1.47 bits per heavy atom. The van der Waals surface area contributed by atoms with Gasteiger partial charge in [0.1, 0.15) is 17.5 Å². The van der Waals surface area contributed by atoms with Crippen molar-refractivity contribution >= 4 is 0 Å². The summed E-state index contributed by atoms with van der Waals surface area (Å²) < 4.78 is 42.0. The van der Waals surface area contributed by atoms with Gasteiger partial charge in [0, 0.05) is 11.6 Å². The molecule has 0 aromatic heterocycles. The van der Waals surface area contributed by atoms with Crippen molar-refractivity contribution in [2.75, 3.05) is 0 Å². The maximum Gasteiger partial charge on any atom is 0.131 e. The highest BCUT2D eigenvalue weighted by atomic mass is 19.1. The molecule has 4 rings (SSSR count). The number of halogens is 3. The molecule has 0 N–H and O–H groups in total. The van der Waals surface area contributed by atoms with E-state index in [2.05, 4.69) is 6.92 Å².